The molecule has 2 aromatic rings. The Morgan fingerprint density at radius 3 is 2.81 bits per heavy atom. The summed E-state index contributed by atoms with van der Waals surface area (Å²) in [4.78, 5) is 13.7. The van der Waals surface area contributed by atoms with Gasteiger partial charge in [0.2, 0.25) is 0 Å². The lowest BCUT2D eigenvalue weighted by atomic mass is 10.3. The second-order valence-corrected chi connectivity index (χ2v) is 5.82. The molecule has 1 N–H and O–H groups in total. The van der Waals surface area contributed by atoms with E-state index in [9.17, 15) is 0 Å². The molecule has 84 valence electrons. The van der Waals surface area contributed by atoms with Crippen LogP contribution in [0.4, 0.5) is 5.82 Å². The summed E-state index contributed by atoms with van der Waals surface area (Å²) in [5.41, 5.74) is 0. The van der Waals surface area contributed by atoms with Gasteiger partial charge in [0.25, 0.3) is 0 Å². The van der Waals surface area contributed by atoms with Gasteiger partial charge < -0.3 is 5.32 Å². The molecule has 1 unspecified atom stereocenters. The lowest BCUT2D eigenvalue weighted by Gasteiger charge is -2.12. The standard InChI is InChI=1S/C10H11IN4S/c1-6-3-13-10(16-6)7(2)15-9-8(11)4-12-5-14-9/h3-5,7H,1-2H3,(H,12,14,15). The predicted molar refractivity (Wildman–Crippen MR) is 73.6 cm³/mol. The molecule has 0 aromatic carbocycles. The fourth-order valence-corrected chi connectivity index (χ4v) is 2.49. The fraction of sp³-hybridized carbons (Fsp3) is 0.300. The van der Waals surface area contributed by atoms with Crippen molar-refractivity contribution in [1.82, 2.24) is 15.0 Å². The summed E-state index contributed by atoms with van der Waals surface area (Å²) in [7, 11) is 0. The van der Waals surface area contributed by atoms with Gasteiger partial charge in [0.1, 0.15) is 17.2 Å². The summed E-state index contributed by atoms with van der Waals surface area (Å²) in [5.74, 6) is 0.857. The molecule has 6 heteroatoms. The second kappa shape index (κ2) is 5.05. The highest BCUT2D eigenvalue weighted by atomic mass is 127. The molecule has 0 bridgehead atoms. The Labute approximate surface area is 112 Å². The number of nitrogens with one attached hydrogen (secondary N) is 1. The van der Waals surface area contributed by atoms with Crippen LogP contribution in [-0.2, 0) is 0 Å². The van der Waals surface area contributed by atoms with Gasteiger partial charge in [-0.2, -0.15) is 0 Å². The Kier molecular flexibility index (Phi) is 3.70. The van der Waals surface area contributed by atoms with Crippen LogP contribution in [0.25, 0.3) is 0 Å². The van der Waals surface area contributed by atoms with E-state index >= 15 is 0 Å². The van der Waals surface area contributed by atoms with E-state index in [1.54, 1.807) is 23.9 Å². The third-order valence-corrected chi connectivity index (χ3v) is 3.92. The van der Waals surface area contributed by atoms with Crippen molar-refractivity contribution in [3.05, 3.63) is 32.2 Å². The van der Waals surface area contributed by atoms with Crippen molar-refractivity contribution < 1.29 is 0 Å². The first-order valence-corrected chi connectivity index (χ1v) is 6.70. The van der Waals surface area contributed by atoms with Crippen LogP contribution in [0.15, 0.2) is 18.7 Å². The zero-order chi connectivity index (χ0) is 11.5. The lowest BCUT2D eigenvalue weighted by molar-refractivity contribution is 0.856. The fourth-order valence-electron chi connectivity index (χ4n) is 1.26. The monoisotopic (exact) mass is 346 g/mol. The minimum absolute atomic E-state index is 0.169. The van der Waals surface area contributed by atoms with Gasteiger partial charge in [0.15, 0.2) is 0 Å². The maximum absolute atomic E-state index is 4.35. The number of aryl methyl sites for hydroxylation is 1. The number of hydrogen-bond donors (Lipinski definition) is 1. The number of hydrogen-bond acceptors (Lipinski definition) is 5. The smallest absolute Gasteiger partial charge is 0.143 e. The minimum Gasteiger partial charge on any atom is -0.360 e. The first kappa shape index (κ1) is 11.7. The Bertz CT molecular complexity index is 485. The Morgan fingerprint density at radius 1 is 1.38 bits per heavy atom. The third-order valence-electron chi connectivity index (χ3n) is 2.03. The highest BCUT2D eigenvalue weighted by Crippen LogP contribution is 2.23. The van der Waals surface area contributed by atoms with Gasteiger partial charge >= 0.3 is 0 Å². The van der Waals surface area contributed by atoms with E-state index < -0.39 is 0 Å². The molecule has 0 radical (unpaired) electrons. The Balaban J connectivity index is 2.13. The summed E-state index contributed by atoms with van der Waals surface area (Å²) in [6.07, 6.45) is 5.23. The summed E-state index contributed by atoms with van der Waals surface area (Å²) >= 11 is 3.92. The highest BCUT2D eigenvalue weighted by molar-refractivity contribution is 14.1. The van der Waals surface area contributed by atoms with Crippen molar-refractivity contribution in [1.29, 1.82) is 0 Å². The van der Waals surface area contributed by atoms with Gasteiger partial charge in [-0.15, -0.1) is 11.3 Å². The number of rotatable bonds is 3. The molecule has 1 atom stereocenters. The van der Waals surface area contributed by atoms with Gasteiger partial charge in [0, 0.05) is 17.3 Å². The van der Waals surface area contributed by atoms with Crippen molar-refractivity contribution in [2.45, 2.75) is 19.9 Å². The quantitative estimate of drug-likeness (QED) is 0.868. The molecule has 0 saturated carbocycles. The maximum Gasteiger partial charge on any atom is 0.143 e. The number of aromatic nitrogens is 3. The van der Waals surface area contributed by atoms with E-state index in [1.165, 1.54) is 4.88 Å². The van der Waals surface area contributed by atoms with Gasteiger partial charge in [-0.1, -0.05) is 0 Å². The molecule has 0 amide bonds. The maximum atomic E-state index is 4.35. The molecule has 0 aliphatic heterocycles. The Morgan fingerprint density at radius 2 is 2.19 bits per heavy atom. The van der Waals surface area contributed by atoms with Gasteiger partial charge in [-0.05, 0) is 36.4 Å². The largest absolute Gasteiger partial charge is 0.360 e. The summed E-state index contributed by atoms with van der Waals surface area (Å²) in [5, 5.41) is 4.40. The van der Waals surface area contributed by atoms with Crippen LogP contribution in [0.5, 0.6) is 0 Å². The molecular formula is C10H11IN4S. The second-order valence-electron chi connectivity index (χ2n) is 3.39. The van der Waals surface area contributed by atoms with Gasteiger partial charge in [-0.25, -0.2) is 15.0 Å². The van der Waals surface area contributed by atoms with Crippen LogP contribution >= 0.6 is 33.9 Å². The molecule has 16 heavy (non-hydrogen) atoms. The summed E-state index contributed by atoms with van der Waals surface area (Å²) in [6, 6.07) is 0.169. The Hall–Kier alpha value is -0.760. The van der Waals surface area contributed by atoms with Crippen molar-refractivity contribution in [2.24, 2.45) is 0 Å². The molecule has 2 aromatic heterocycles. The molecule has 0 fully saturated rings. The molecule has 0 spiro atoms. The summed E-state index contributed by atoms with van der Waals surface area (Å²) in [6.45, 7) is 4.14. The van der Waals surface area contributed by atoms with Crippen LogP contribution in [-0.4, -0.2) is 15.0 Å². The van der Waals surface area contributed by atoms with Crippen LogP contribution in [0.2, 0.25) is 0 Å². The van der Waals surface area contributed by atoms with Crippen molar-refractivity contribution in [2.75, 3.05) is 5.32 Å². The van der Waals surface area contributed by atoms with E-state index in [-0.39, 0.29) is 6.04 Å². The molecule has 4 nitrogen and oxygen atoms in total. The number of nitrogens with zero attached hydrogens (tertiary/aromatic N) is 3. The first-order chi connectivity index (χ1) is 7.66. The van der Waals surface area contributed by atoms with E-state index in [2.05, 4.69) is 56.7 Å². The van der Waals surface area contributed by atoms with Crippen LogP contribution in [0.1, 0.15) is 22.9 Å². The van der Waals surface area contributed by atoms with E-state index in [0.717, 1.165) is 14.4 Å². The lowest BCUT2D eigenvalue weighted by Crippen LogP contribution is -2.08. The van der Waals surface area contributed by atoms with Crippen LogP contribution in [0.3, 0.4) is 0 Å². The molecule has 0 aliphatic rings. The normalized spacial score (nSPS) is 12.4. The van der Waals surface area contributed by atoms with Gasteiger partial charge in [0.05, 0.1) is 9.61 Å². The van der Waals surface area contributed by atoms with Crippen LogP contribution in [0, 0.1) is 10.5 Å². The zero-order valence-electron chi connectivity index (χ0n) is 8.94. The zero-order valence-corrected chi connectivity index (χ0v) is 11.9. The van der Waals surface area contributed by atoms with Crippen LogP contribution < -0.4 is 5.32 Å². The number of thiazole rings is 1. The number of anilines is 1. The first-order valence-electron chi connectivity index (χ1n) is 4.81. The topological polar surface area (TPSA) is 50.7 Å². The van der Waals surface area contributed by atoms with Crippen molar-refractivity contribution in [3.63, 3.8) is 0 Å². The molecule has 2 heterocycles. The average molecular weight is 346 g/mol. The van der Waals surface area contributed by atoms with Crippen molar-refractivity contribution >= 4 is 39.7 Å². The number of halogens is 1. The van der Waals surface area contributed by atoms with Gasteiger partial charge in [-0.3, -0.25) is 0 Å². The van der Waals surface area contributed by atoms with E-state index in [4.69, 9.17) is 0 Å². The molecular weight excluding hydrogens is 335 g/mol. The van der Waals surface area contributed by atoms with E-state index in [1.807, 2.05) is 6.20 Å². The highest BCUT2D eigenvalue weighted by Gasteiger charge is 2.11. The molecule has 2 rings (SSSR count). The SMILES string of the molecule is Cc1cnc(C(C)Nc2ncncc2I)s1. The third kappa shape index (κ3) is 2.67. The minimum atomic E-state index is 0.169. The molecule has 0 saturated heterocycles. The average Bonchev–Trinajstić information content (AvgIpc) is 2.68. The predicted octanol–water partition coefficient (Wildman–Crippen LogP) is 3.02. The van der Waals surface area contributed by atoms with E-state index in [0.29, 0.717) is 0 Å². The summed E-state index contributed by atoms with van der Waals surface area (Å²) < 4.78 is 1.01. The molecule has 0 aliphatic carbocycles. The van der Waals surface area contributed by atoms with Crippen molar-refractivity contribution in [3.8, 4) is 0 Å².